The average molecular weight is 224 g/mol. The molecular formula is C8H16O5S. The molecule has 0 aliphatic carbocycles. The highest BCUT2D eigenvalue weighted by molar-refractivity contribution is 7.86. The number of rotatable bonds is 6. The van der Waals surface area contributed by atoms with Crippen LogP contribution in [0.25, 0.3) is 0 Å². The predicted molar refractivity (Wildman–Crippen MR) is 51.3 cm³/mol. The lowest BCUT2D eigenvalue weighted by Gasteiger charge is -2.09. The lowest BCUT2D eigenvalue weighted by molar-refractivity contribution is -0.140. The standard InChI is InChI=1S/C8H16O5S/c1-7(13-14(3,10)11)5-4-6-8(9)12-2/h7H,4-6H2,1-3H3. The lowest BCUT2D eigenvalue weighted by Crippen LogP contribution is -2.14. The van der Waals surface area contributed by atoms with Gasteiger partial charge in [0.15, 0.2) is 0 Å². The molecule has 0 aromatic carbocycles. The maximum atomic E-state index is 10.7. The molecule has 0 spiro atoms. The molecule has 0 bridgehead atoms. The summed E-state index contributed by atoms with van der Waals surface area (Å²) in [5.74, 6) is -0.295. The van der Waals surface area contributed by atoms with Crippen molar-refractivity contribution in [1.29, 1.82) is 0 Å². The number of ether oxygens (including phenoxy) is 1. The van der Waals surface area contributed by atoms with Crippen LogP contribution in [0.2, 0.25) is 0 Å². The van der Waals surface area contributed by atoms with E-state index in [1.807, 2.05) is 0 Å². The van der Waals surface area contributed by atoms with Crippen LogP contribution >= 0.6 is 0 Å². The minimum Gasteiger partial charge on any atom is -0.469 e. The first-order valence-corrected chi connectivity index (χ1v) is 6.12. The molecule has 84 valence electrons. The van der Waals surface area contributed by atoms with E-state index in [0.29, 0.717) is 12.8 Å². The van der Waals surface area contributed by atoms with Gasteiger partial charge in [-0.2, -0.15) is 8.42 Å². The second kappa shape index (κ2) is 5.98. The normalized spacial score (nSPS) is 13.6. The Labute approximate surface area is 84.5 Å². The molecule has 1 atom stereocenters. The number of esters is 1. The zero-order valence-electron chi connectivity index (χ0n) is 8.65. The van der Waals surface area contributed by atoms with Gasteiger partial charge in [0.05, 0.1) is 19.5 Å². The number of methoxy groups -OCH3 is 1. The lowest BCUT2D eigenvalue weighted by atomic mass is 10.2. The van der Waals surface area contributed by atoms with E-state index in [1.165, 1.54) is 7.11 Å². The molecule has 0 aromatic heterocycles. The van der Waals surface area contributed by atoms with Crippen LogP contribution in [-0.4, -0.2) is 33.9 Å². The third-order valence-electron chi connectivity index (χ3n) is 1.56. The Balaban J connectivity index is 3.65. The van der Waals surface area contributed by atoms with Crippen molar-refractivity contribution in [3.05, 3.63) is 0 Å². The Morgan fingerprint density at radius 2 is 2.00 bits per heavy atom. The molecule has 0 radical (unpaired) electrons. The smallest absolute Gasteiger partial charge is 0.305 e. The van der Waals surface area contributed by atoms with Crippen molar-refractivity contribution in [2.45, 2.75) is 32.3 Å². The highest BCUT2D eigenvalue weighted by Crippen LogP contribution is 2.07. The van der Waals surface area contributed by atoms with Crippen molar-refractivity contribution in [3.8, 4) is 0 Å². The highest BCUT2D eigenvalue weighted by atomic mass is 32.2. The van der Waals surface area contributed by atoms with Gasteiger partial charge < -0.3 is 4.74 Å². The van der Waals surface area contributed by atoms with Crippen molar-refractivity contribution in [1.82, 2.24) is 0 Å². The summed E-state index contributed by atoms with van der Waals surface area (Å²) < 4.78 is 30.5. The van der Waals surface area contributed by atoms with Gasteiger partial charge in [-0.25, -0.2) is 0 Å². The molecule has 0 saturated heterocycles. The van der Waals surface area contributed by atoms with Crippen LogP contribution in [0, 0.1) is 0 Å². The Bertz CT molecular complexity index is 269. The third-order valence-corrected chi connectivity index (χ3v) is 2.24. The van der Waals surface area contributed by atoms with E-state index >= 15 is 0 Å². The molecule has 1 unspecified atom stereocenters. The first kappa shape index (κ1) is 13.4. The summed E-state index contributed by atoms with van der Waals surface area (Å²) in [6, 6.07) is 0. The van der Waals surface area contributed by atoms with Crippen LogP contribution in [0.15, 0.2) is 0 Å². The third kappa shape index (κ3) is 8.00. The molecule has 5 nitrogen and oxygen atoms in total. The van der Waals surface area contributed by atoms with Gasteiger partial charge in [-0.15, -0.1) is 0 Å². The van der Waals surface area contributed by atoms with Gasteiger partial charge in [-0.3, -0.25) is 8.98 Å². The number of hydrogen-bond donors (Lipinski definition) is 0. The molecule has 0 rings (SSSR count). The van der Waals surface area contributed by atoms with E-state index in [4.69, 9.17) is 0 Å². The fourth-order valence-corrected chi connectivity index (χ4v) is 1.68. The Morgan fingerprint density at radius 3 is 2.43 bits per heavy atom. The summed E-state index contributed by atoms with van der Waals surface area (Å²) in [6.07, 6.45) is 1.97. The molecule has 0 aliphatic heterocycles. The molecular weight excluding hydrogens is 208 g/mol. The van der Waals surface area contributed by atoms with Gasteiger partial charge in [-0.05, 0) is 19.8 Å². The molecule has 14 heavy (non-hydrogen) atoms. The quantitative estimate of drug-likeness (QED) is 0.490. The summed E-state index contributed by atoms with van der Waals surface area (Å²) in [7, 11) is -2.08. The van der Waals surface area contributed by atoms with E-state index in [1.54, 1.807) is 6.92 Å². The molecule has 6 heteroatoms. The number of hydrogen-bond acceptors (Lipinski definition) is 5. The Kier molecular flexibility index (Phi) is 5.71. The maximum absolute atomic E-state index is 10.7. The van der Waals surface area contributed by atoms with E-state index < -0.39 is 16.2 Å². The van der Waals surface area contributed by atoms with E-state index in [-0.39, 0.29) is 12.4 Å². The predicted octanol–water partition coefficient (Wildman–Crippen LogP) is 0.694. The molecule has 0 N–H and O–H groups in total. The van der Waals surface area contributed by atoms with Crippen LogP contribution in [0.5, 0.6) is 0 Å². The van der Waals surface area contributed by atoms with E-state index in [9.17, 15) is 13.2 Å². The fourth-order valence-electron chi connectivity index (χ4n) is 0.982. The van der Waals surface area contributed by atoms with Gasteiger partial charge in [-0.1, -0.05) is 0 Å². The Morgan fingerprint density at radius 1 is 1.43 bits per heavy atom. The van der Waals surface area contributed by atoms with Crippen molar-refractivity contribution < 1.29 is 22.1 Å². The van der Waals surface area contributed by atoms with Crippen LogP contribution in [0.1, 0.15) is 26.2 Å². The van der Waals surface area contributed by atoms with Gasteiger partial charge in [0.1, 0.15) is 0 Å². The summed E-state index contributed by atoms with van der Waals surface area (Å²) in [4.78, 5) is 10.7. The number of carbonyl (C=O) groups is 1. The van der Waals surface area contributed by atoms with Crippen LogP contribution in [0.4, 0.5) is 0 Å². The SMILES string of the molecule is COC(=O)CCCC(C)OS(C)(=O)=O. The average Bonchev–Trinajstić information content (AvgIpc) is 2.00. The van der Waals surface area contributed by atoms with Crippen molar-refractivity contribution in [2.75, 3.05) is 13.4 Å². The molecule has 0 aromatic rings. The van der Waals surface area contributed by atoms with Gasteiger partial charge in [0.2, 0.25) is 0 Å². The highest BCUT2D eigenvalue weighted by Gasteiger charge is 2.10. The summed E-state index contributed by atoms with van der Waals surface area (Å²) in [6.45, 7) is 1.65. The fraction of sp³-hybridized carbons (Fsp3) is 0.875. The topological polar surface area (TPSA) is 69.7 Å². The zero-order valence-corrected chi connectivity index (χ0v) is 9.46. The van der Waals surface area contributed by atoms with Crippen LogP contribution in [0.3, 0.4) is 0 Å². The molecule has 0 heterocycles. The van der Waals surface area contributed by atoms with Crippen molar-refractivity contribution in [3.63, 3.8) is 0 Å². The van der Waals surface area contributed by atoms with Crippen molar-refractivity contribution in [2.24, 2.45) is 0 Å². The first-order valence-electron chi connectivity index (χ1n) is 4.30. The molecule has 0 saturated carbocycles. The van der Waals surface area contributed by atoms with Crippen molar-refractivity contribution >= 4 is 16.1 Å². The van der Waals surface area contributed by atoms with Gasteiger partial charge >= 0.3 is 5.97 Å². The van der Waals surface area contributed by atoms with Crippen LogP contribution in [-0.2, 0) is 23.8 Å². The second-order valence-electron chi connectivity index (χ2n) is 3.08. The summed E-state index contributed by atoms with van der Waals surface area (Å²) in [5, 5.41) is 0. The summed E-state index contributed by atoms with van der Waals surface area (Å²) >= 11 is 0. The van der Waals surface area contributed by atoms with Gasteiger partial charge in [0, 0.05) is 6.42 Å². The van der Waals surface area contributed by atoms with E-state index in [2.05, 4.69) is 8.92 Å². The monoisotopic (exact) mass is 224 g/mol. The maximum Gasteiger partial charge on any atom is 0.305 e. The summed E-state index contributed by atoms with van der Waals surface area (Å²) in [5.41, 5.74) is 0. The second-order valence-corrected chi connectivity index (χ2v) is 4.68. The largest absolute Gasteiger partial charge is 0.469 e. The molecule has 0 aliphatic rings. The van der Waals surface area contributed by atoms with Crippen LogP contribution < -0.4 is 0 Å². The zero-order chi connectivity index (χ0) is 11.2. The molecule has 0 fully saturated rings. The van der Waals surface area contributed by atoms with E-state index in [0.717, 1.165) is 6.26 Å². The number of carbonyl (C=O) groups excluding carboxylic acids is 1. The molecule has 0 amide bonds. The minimum absolute atomic E-state index is 0.286. The minimum atomic E-state index is -3.40. The van der Waals surface area contributed by atoms with Gasteiger partial charge in [0.25, 0.3) is 10.1 Å². The first-order chi connectivity index (χ1) is 6.35. The Hall–Kier alpha value is -0.620.